The summed E-state index contributed by atoms with van der Waals surface area (Å²) in [5.41, 5.74) is 7.11. The lowest BCUT2D eigenvalue weighted by Gasteiger charge is -2.08. The fourth-order valence-corrected chi connectivity index (χ4v) is 4.26. The highest BCUT2D eigenvalue weighted by molar-refractivity contribution is 6.08. The summed E-state index contributed by atoms with van der Waals surface area (Å²) < 4.78 is 1.98. The van der Waals surface area contributed by atoms with Crippen molar-refractivity contribution >= 4 is 38.9 Å². The molecule has 0 radical (unpaired) electrons. The van der Waals surface area contributed by atoms with Crippen LogP contribution in [0, 0.1) is 0 Å². The van der Waals surface area contributed by atoms with Crippen LogP contribution in [0.2, 0.25) is 0 Å². The van der Waals surface area contributed by atoms with Crippen molar-refractivity contribution in [2.75, 3.05) is 0 Å². The summed E-state index contributed by atoms with van der Waals surface area (Å²) in [7, 11) is 0. The number of aromatic nitrogens is 3. The molecule has 0 saturated heterocycles. The fourth-order valence-electron chi connectivity index (χ4n) is 4.26. The molecule has 4 nitrogen and oxygen atoms in total. The standard InChI is InChI=1S/C28H19N3O/c32-26(21-16-14-20(15-17-21)19-8-2-1-3-9-19)18-31-25-13-7-4-10-22(25)27-28(31)30-24-12-6-5-11-23(24)29-27/h1-17H,18H2. The molecule has 152 valence electrons. The highest BCUT2D eigenvalue weighted by Gasteiger charge is 2.17. The zero-order chi connectivity index (χ0) is 21.5. The molecule has 4 heteroatoms. The minimum Gasteiger partial charge on any atom is -0.316 e. The maximum absolute atomic E-state index is 13.2. The first-order valence-corrected chi connectivity index (χ1v) is 10.6. The van der Waals surface area contributed by atoms with Gasteiger partial charge in [-0.15, -0.1) is 0 Å². The first-order valence-electron chi connectivity index (χ1n) is 10.6. The van der Waals surface area contributed by atoms with Gasteiger partial charge in [0.25, 0.3) is 0 Å². The van der Waals surface area contributed by atoms with Crippen molar-refractivity contribution in [2.45, 2.75) is 6.54 Å². The maximum Gasteiger partial charge on any atom is 0.182 e. The third kappa shape index (κ3) is 3.05. The topological polar surface area (TPSA) is 47.8 Å². The zero-order valence-electron chi connectivity index (χ0n) is 17.3. The molecular formula is C28H19N3O. The molecule has 6 aromatic rings. The zero-order valence-corrected chi connectivity index (χ0v) is 17.3. The molecule has 0 amide bonds. The summed E-state index contributed by atoms with van der Waals surface area (Å²) in [6, 6.07) is 33.8. The van der Waals surface area contributed by atoms with Crippen LogP contribution in [0.25, 0.3) is 44.2 Å². The number of carbonyl (C=O) groups is 1. The third-order valence-electron chi connectivity index (χ3n) is 5.87. The summed E-state index contributed by atoms with van der Waals surface area (Å²) in [6.45, 7) is 0.210. The number of para-hydroxylation sites is 3. The van der Waals surface area contributed by atoms with E-state index >= 15 is 0 Å². The average Bonchev–Trinajstić information content (AvgIpc) is 3.16. The number of hydrogen-bond acceptors (Lipinski definition) is 3. The van der Waals surface area contributed by atoms with Gasteiger partial charge in [-0.05, 0) is 29.3 Å². The Labute approximate surface area is 184 Å². The summed E-state index contributed by atoms with van der Waals surface area (Å²) >= 11 is 0. The SMILES string of the molecule is O=C(Cn1c2ccccc2c2nc3ccccc3nc21)c1ccc(-c2ccccc2)cc1. The molecular weight excluding hydrogens is 394 g/mol. The minimum absolute atomic E-state index is 0.0437. The van der Waals surface area contributed by atoms with Crippen LogP contribution in [-0.2, 0) is 6.54 Å². The molecule has 6 rings (SSSR count). The highest BCUT2D eigenvalue weighted by Crippen LogP contribution is 2.28. The number of rotatable bonds is 4. The molecule has 2 aromatic heterocycles. The van der Waals surface area contributed by atoms with E-state index in [0.29, 0.717) is 5.56 Å². The Morgan fingerprint density at radius 1 is 0.656 bits per heavy atom. The molecule has 4 aromatic carbocycles. The maximum atomic E-state index is 13.2. The lowest BCUT2D eigenvalue weighted by molar-refractivity contribution is 0.0974. The third-order valence-corrected chi connectivity index (χ3v) is 5.87. The summed E-state index contributed by atoms with van der Waals surface area (Å²) in [5.74, 6) is 0.0437. The van der Waals surface area contributed by atoms with Crippen molar-refractivity contribution < 1.29 is 4.79 Å². The highest BCUT2D eigenvalue weighted by atomic mass is 16.1. The Hall–Kier alpha value is -4.31. The van der Waals surface area contributed by atoms with Gasteiger partial charge in [-0.1, -0.05) is 84.9 Å². The smallest absolute Gasteiger partial charge is 0.182 e. The Balaban J connectivity index is 1.42. The minimum atomic E-state index is 0.0437. The van der Waals surface area contributed by atoms with E-state index < -0.39 is 0 Å². The van der Waals surface area contributed by atoms with Gasteiger partial charge in [0.15, 0.2) is 11.4 Å². The second kappa shape index (κ2) is 7.43. The Kier molecular flexibility index (Phi) is 4.29. The Morgan fingerprint density at radius 3 is 2.06 bits per heavy atom. The molecule has 2 heterocycles. The number of ketones is 1. The van der Waals surface area contributed by atoms with Crippen LogP contribution in [0.1, 0.15) is 10.4 Å². The second-order valence-electron chi connectivity index (χ2n) is 7.85. The first kappa shape index (κ1) is 18.5. The molecule has 0 bridgehead atoms. The predicted molar refractivity (Wildman–Crippen MR) is 129 cm³/mol. The largest absolute Gasteiger partial charge is 0.316 e. The van der Waals surface area contributed by atoms with Crippen molar-refractivity contribution in [1.82, 2.24) is 14.5 Å². The summed E-state index contributed by atoms with van der Waals surface area (Å²) in [4.78, 5) is 23.0. The number of carbonyl (C=O) groups excluding carboxylic acids is 1. The molecule has 0 aliphatic rings. The molecule has 0 aliphatic heterocycles. The van der Waals surface area contributed by atoms with Crippen LogP contribution in [0.15, 0.2) is 103 Å². The van der Waals surface area contributed by atoms with Crippen molar-refractivity contribution in [3.05, 3.63) is 109 Å². The first-order chi connectivity index (χ1) is 15.8. The van der Waals surface area contributed by atoms with E-state index in [1.807, 2.05) is 95.6 Å². The van der Waals surface area contributed by atoms with Gasteiger partial charge in [0.2, 0.25) is 0 Å². The van der Waals surface area contributed by atoms with Gasteiger partial charge in [0, 0.05) is 10.9 Å². The number of benzene rings is 4. The summed E-state index contributed by atoms with van der Waals surface area (Å²) in [6.07, 6.45) is 0. The number of fused-ring (bicyclic) bond motifs is 4. The average molecular weight is 413 g/mol. The summed E-state index contributed by atoms with van der Waals surface area (Å²) in [5, 5.41) is 1.01. The van der Waals surface area contributed by atoms with Crippen LogP contribution in [0.4, 0.5) is 0 Å². The molecule has 0 atom stereocenters. The molecule has 0 unspecified atom stereocenters. The number of nitrogens with zero attached hydrogens (tertiary/aromatic N) is 3. The van der Waals surface area contributed by atoms with E-state index in [-0.39, 0.29) is 12.3 Å². The van der Waals surface area contributed by atoms with Crippen molar-refractivity contribution in [1.29, 1.82) is 0 Å². The second-order valence-corrected chi connectivity index (χ2v) is 7.85. The van der Waals surface area contributed by atoms with Gasteiger partial charge in [-0.25, -0.2) is 9.97 Å². The van der Waals surface area contributed by atoms with E-state index in [4.69, 9.17) is 9.97 Å². The van der Waals surface area contributed by atoms with E-state index in [1.165, 1.54) is 0 Å². The van der Waals surface area contributed by atoms with E-state index in [9.17, 15) is 4.79 Å². The molecule has 32 heavy (non-hydrogen) atoms. The van der Waals surface area contributed by atoms with Gasteiger partial charge in [0.1, 0.15) is 5.52 Å². The van der Waals surface area contributed by atoms with Crippen LogP contribution in [-0.4, -0.2) is 20.3 Å². The van der Waals surface area contributed by atoms with Crippen molar-refractivity contribution in [3.63, 3.8) is 0 Å². The van der Waals surface area contributed by atoms with Gasteiger partial charge in [-0.2, -0.15) is 0 Å². The van der Waals surface area contributed by atoms with E-state index in [2.05, 4.69) is 12.1 Å². The normalized spacial score (nSPS) is 11.4. The van der Waals surface area contributed by atoms with E-state index in [1.54, 1.807) is 0 Å². The Morgan fingerprint density at radius 2 is 1.28 bits per heavy atom. The molecule has 0 N–H and O–H groups in total. The van der Waals surface area contributed by atoms with Crippen LogP contribution >= 0.6 is 0 Å². The van der Waals surface area contributed by atoms with Gasteiger partial charge in [0.05, 0.1) is 23.1 Å². The molecule has 0 spiro atoms. The lowest BCUT2D eigenvalue weighted by Crippen LogP contribution is -2.11. The molecule has 0 saturated carbocycles. The Bertz CT molecular complexity index is 1600. The van der Waals surface area contributed by atoms with Crippen LogP contribution in [0.3, 0.4) is 0 Å². The number of hydrogen-bond donors (Lipinski definition) is 0. The van der Waals surface area contributed by atoms with Gasteiger partial charge in [-0.3, -0.25) is 4.79 Å². The van der Waals surface area contributed by atoms with Gasteiger partial charge < -0.3 is 4.57 Å². The van der Waals surface area contributed by atoms with Crippen molar-refractivity contribution in [2.24, 2.45) is 0 Å². The molecule has 0 fully saturated rings. The number of Topliss-reactive ketones (excluding diaryl/α,β-unsaturated/α-hetero) is 1. The van der Waals surface area contributed by atoms with E-state index in [0.717, 1.165) is 44.2 Å². The lowest BCUT2D eigenvalue weighted by atomic mass is 10.0. The monoisotopic (exact) mass is 413 g/mol. The fraction of sp³-hybridized carbons (Fsp3) is 0.0357. The van der Waals surface area contributed by atoms with Crippen molar-refractivity contribution in [3.8, 4) is 11.1 Å². The van der Waals surface area contributed by atoms with Crippen LogP contribution < -0.4 is 0 Å². The predicted octanol–water partition coefficient (Wildman–Crippen LogP) is 6.29. The van der Waals surface area contributed by atoms with Gasteiger partial charge >= 0.3 is 0 Å². The quantitative estimate of drug-likeness (QED) is 0.319. The molecule has 0 aliphatic carbocycles. The van der Waals surface area contributed by atoms with Crippen LogP contribution in [0.5, 0.6) is 0 Å².